The number of hydrogen-bond acceptors (Lipinski definition) is 4. The fourth-order valence-corrected chi connectivity index (χ4v) is 3.41. The van der Waals surface area contributed by atoms with E-state index in [1.165, 1.54) is 0 Å². The van der Waals surface area contributed by atoms with Crippen LogP contribution in [0.15, 0.2) is 65.4 Å². The van der Waals surface area contributed by atoms with Crippen molar-refractivity contribution in [1.29, 1.82) is 0 Å². The Kier molecular flexibility index (Phi) is 4.89. The summed E-state index contributed by atoms with van der Waals surface area (Å²) in [5.74, 6) is 0.738. The molecule has 28 heavy (non-hydrogen) atoms. The van der Waals surface area contributed by atoms with Gasteiger partial charge in [-0.15, -0.1) is 0 Å². The molecular formula is C23H21N3O2. The van der Waals surface area contributed by atoms with Crippen LogP contribution in [-0.2, 0) is 6.42 Å². The molecule has 0 saturated heterocycles. The predicted molar refractivity (Wildman–Crippen MR) is 109 cm³/mol. The number of amides is 1. The Morgan fingerprint density at radius 1 is 1.07 bits per heavy atom. The fourth-order valence-electron chi connectivity index (χ4n) is 3.41. The number of rotatable bonds is 5. The molecule has 2 aromatic carbocycles. The lowest BCUT2D eigenvalue weighted by molar-refractivity contribution is 0.0954. The van der Waals surface area contributed by atoms with E-state index in [0.717, 1.165) is 45.3 Å². The number of nitrogens with zero attached hydrogens (tertiary/aromatic N) is 2. The molecule has 0 bridgehead atoms. The molecule has 5 heteroatoms. The van der Waals surface area contributed by atoms with Crippen LogP contribution in [0.1, 0.15) is 27.4 Å². The van der Waals surface area contributed by atoms with E-state index in [1.807, 2.05) is 62.5 Å². The zero-order chi connectivity index (χ0) is 19.5. The lowest BCUT2D eigenvalue weighted by Gasteiger charge is -2.08. The molecule has 0 saturated carbocycles. The van der Waals surface area contributed by atoms with E-state index < -0.39 is 0 Å². The quantitative estimate of drug-likeness (QED) is 0.562. The first-order chi connectivity index (χ1) is 13.6. The molecule has 4 rings (SSSR count). The zero-order valence-electron chi connectivity index (χ0n) is 15.9. The minimum Gasteiger partial charge on any atom is -0.361 e. The van der Waals surface area contributed by atoms with Crippen molar-refractivity contribution in [2.24, 2.45) is 0 Å². The normalized spacial score (nSPS) is 10.9. The number of carbonyl (C=O) groups is 1. The minimum atomic E-state index is -0.0689. The molecule has 0 radical (unpaired) electrons. The van der Waals surface area contributed by atoms with Crippen molar-refractivity contribution in [3.63, 3.8) is 0 Å². The summed E-state index contributed by atoms with van der Waals surface area (Å²) in [6.45, 7) is 4.43. The number of nitrogens with one attached hydrogen (secondary N) is 1. The second-order valence-corrected chi connectivity index (χ2v) is 6.84. The van der Waals surface area contributed by atoms with Crippen LogP contribution in [0.4, 0.5) is 0 Å². The zero-order valence-corrected chi connectivity index (χ0v) is 15.9. The van der Waals surface area contributed by atoms with Crippen molar-refractivity contribution >= 4 is 16.7 Å². The molecule has 4 aromatic rings. The molecule has 1 N–H and O–H groups in total. The van der Waals surface area contributed by atoms with Crippen molar-refractivity contribution < 1.29 is 9.32 Å². The average Bonchev–Trinajstić information content (AvgIpc) is 3.06. The number of hydrogen-bond donors (Lipinski definition) is 1. The van der Waals surface area contributed by atoms with Gasteiger partial charge in [-0.1, -0.05) is 29.4 Å². The van der Waals surface area contributed by atoms with Gasteiger partial charge in [-0.25, -0.2) is 0 Å². The molecule has 0 atom stereocenters. The fraction of sp³-hybridized carbons (Fsp3) is 0.174. The highest BCUT2D eigenvalue weighted by atomic mass is 16.5. The smallest absolute Gasteiger partial charge is 0.251 e. The summed E-state index contributed by atoms with van der Waals surface area (Å²) < 4.78 is 5.27. The van der Waals surface area contributed by atoms with Gasteiger partial charge in [0.15, 0.2) is 0 Å². The van der Waals surface area contributed by atoms with Crippen LogP contribution in [0.2, 0.25) is 0 Å². The maximum Gasteiger partial charge on any atom is 0.251 e. The Labute approximate surface area is 163 Å². The van der Waals surface area contributed by atoms with Gasteiger partial charge < -0.3 is 9.84 Å². The molecule has 2 heterocycles. The standard InChI is InChI=1S/C23H21N3O2/c1-15-22(16(2)28-26-15)20-7-5-19-13-21(8-6-18(19)12-20)23(27)25-11-9-17-4-3-10-24-14-17/h3-8,10,12-14H,9,11H2,1-2H3,(H,25,27). The average molecular weight is 371 g/mol. The Bertz CT molecular complexity index is 1110. The second-order valence-electron chi connectivity index (χ2n) is 6.84. The van der Waals surface area contributed by atoms with Crippen molar-refractivity contribution in [2.45, 2.75) is 20.3 Å². The Hall–Kier alpha value is -3.47. The largest absolute Gasteiger partial charge is 0.361 e. The van der Waals surface area contributed by atoms with Gasteiger partial charge in [0, 0.05) is 30.1 Å². The van der Waals surface area contributed by atoms with E-state index in [4.69, 9.17) is 4.52 Å². The number of fused-ring (bicyclic) bond motifs is 1. The van der Waals surface area contributed by atoms with Gasteiger partial charge in [0.05, 0.1) is 5.69 Å². The van der Waals surface area contributed by atoms with Gasteiger partial charge >= 0.3 is 0 Å². The summed E-state index contributed by atoms with van der Waals surface area (Å²) in [6, 6.07) is 15.8. The Balaban J connectivity index is 1.50. The number of pyridine rings is 1. The van der Waals surface area contributed by atoms with Gasteiger partial charge in [-0.05, 0) is 66.4 Å². The van der Waals surface area contributed by atoms with Crippen LogP contribution in [0.5, 0.6) is 0 Å². The second kappa shape index (κ2) is 7.64. The van der Waals surface area contributed by atoms with Crippen LogP contribution in [0.25, 0.3) is 21.9 Å². The summed E-state index contributed by atoms with van der Waals surface area (Å²) in [4.78, 5) is 16.6. The third-order valence-electron chi connectivity index (χ3n) is 4.85. The Morgan fingerprint density at radius 3 is 2.64 bits per heavy atom. The van der Waals surface area contributed by atoms with Crippen LogP contribution >= 0.6 is 0 Å². The number of carbonyl (C=O) groups excluding carboxylic acids is 1. The highest BCUT2D eigenvalue weighted by molar-refractivity contribution is 5.99. The van der Waals surface area contributed by atoms with Crippen LogP contribution in [0, 0.1) is 13.8 Å². The van der Waals surface area contributed by atoms with Crippen molar-refractivity contribution in [3.05, 3.63) is 83.5 Å². The first-order valence-corrected chi connectivity index (χ1v) is 9.26. The molecule has 0 fully saturated rings. The first-order valence-electron chi connectivity index (χ1n) is 9.26. The molecule has 2 aromatic heterocycles. The number of benzene rings is 2. The highest BCUT2D eigenvalue weighted by Gasteiger charge is 2.12. The van der Waals surface area contributed by atoms with Gasteiger partial charge in [0.2, 0.25) is 0 Å². The van der Waals surface area contributed by atoms with Crippen LogP contribution < -0.4 is 5.32 Å². The molecule has 0 aliphatic carbocycles. The van der Waals surface area contributed by atoms with Crippen LogP contribution in [0.3, 0.4) is 0 Å². The Morgan fingerprint density at radius 2 is 1.89 bits per heavy atom. The molecule has 0 unspecified atom stereocenters. The third kappa shape index (κ3) is 3.64. The SMILES string of the molecule is Cc1noc(C)c1-c1ccc2cc(C(=O)NCCc3cccnc3)ccc2c1. The summed E-state index contributed by atoms with van der Waals surface area (Å²) in [7, 11) is 0. The molecular weight excluding hydrogens is 350 g/mol. The maximum absolute atomic E-state index is 12.5. The van der Waals surface area contributed by atoms with E-state index in [-0.39, 0.29) is 5.91 Å². The van der Waals surface area contributed by atoms with Gasteiger partial charge in [0.1, 0.15) is 5.76 Å². The van der Waals surface area contributed by atoms with Gasteiger partial charge in [-0.3, -0.25) is 9.78 Å². The van der Waals surface area contributed by atoms with Crippen molar-refractivity contribution in [1.82, 2.24) is 15.5 Å². The minimum absolute atomic E-state index is 0.0689. The van der Waals surface area contributed by atoms with Crippen molar-refractivity contribution in [3.8, 4) is 11.1 Å². The van der Waals surface area contributed by atoms with E-state index >= 15 is 0 Å². The van der Waals surface area contributed by atoms with E-state index in [1.54, 1.807) is 6.20 Å². The number of aryl methyl sites for hydroxylation is 2. The molecule has 0 aliphatic rings. The third-order valence-corrected chi connectivity index (χ3v) is 4.85. The monoisotopic (exact) mass is 371 g/mol. The van der Waals surface area contributed by atoms with Crippen LogP contribution in [-0.4, -0.2) is 22.6 Å². The topological polar surface area (TPSA) is 68.0 Å². The maximum atomic E-state index is 12.5. The number of aromatic nitrogens is 2. The van der Waals surface area contributed by atoms with E-state index in [0.29, 0.717) is 12.1 Å². The summed E-state index contributed by atoms with van der Waals surface area (Å²) in [6.07, 6.45) is 4.32. The lowest BCUT2D eigenvalue weighted by atomic mass is 9.99. The summed E-state index contributed by atoms with van der Waals surface area (Å²) in [5.41, 5.74) is 4.73. The molecule has 0 spiro atoms. The van der Waals surface area contributed by atoms with Crippen molar-refractivity contribution in [2.75, 3.05) is 6.54 Å². The summed E-state index contributed by atoms with van der Waals surface area (Å²) in [5, 5.41) is 9.10. The highest BCUT2D eigenvalue weighted by Crippen LogP contribution is 2.29. The molecule has 1 amide bonds. The van der Waals surface area contributed by atoms with E-state index in [2.05, 4.69) is 21.5 Å². The lowest BCUT2D eigenvalue weighted by Crippen LogP contribution is -2.25. The van der Waals surface area contributed by atoms with E-state index in [9.17, 15) is 4.79 Å². The molecule has 0 aliphatic heterocycles. The van der Waals surface area contributed by atoms with Gasteiger partial charge in [-0.2, -0.15) is 0 Å². The molecule has 5 nitrogen and oxygen atoms in total. The molecule has 140 valence electrons. The summed E-state index contributed by atoms with van der Waals surface area (Å²) >= 11 is 0. The van der Waals surface area contributed by atoms with Gasteiger partial charge in [0.25, 0.3) is 5.91 Å². The predicted octanol–water partition coefficient (Wildman–Crippen LogP) is 4.48. The first kappa shape index (κ1) is 17.9.